The van der Waals surface area contributed by atoms with Crippen molar-refractivity contribution in [2.24, 2.45) is 10.9 Å². The van der Waals surface area contributed by atoms with Gasteiger partial charge >= 0.3 is 0 Å². The maximum Gasteiger partial charge on any atom is 0.222 e. The maximum atomic E-state index is 10.2. The second-order valence-electron chi connectivity index (χ2n) is 3.77. The lowest BCUT2D eigenvalue weighted by Crippen LogP contribution is -2.10. The van der Waals surface area contributed by atoms with Crippen molar-refractivity contribution in [1.29, 1.82) is 0 Å². The molecular formula is C13H13ClN4O2. The van der Waals surface area contributed by atoms with Gasteiger partial charge in [-0.1, -0.05) is 6.07 Å². The van der Waals surface area contributed by atoms with Crippen LogP contribution in [0.1, 0.15) is 18.2 Å². The summed E-state index contributed by atoms with van der Waals surface area (Å²) in [6, 6.07) is 6.65. The molecular weight excluding hydrogens is 280 g/mol. The number of benzene rings is 1. The third-order valence-electron chi connectivity index (χ3n) is 2.55. The van der Waals surface area contributed by atoms with E-state index in [0.717, 1.165) is 0 Å². The van der Waals surface area contributed by atoms with E-state index in [4.69, 9.17) is 22.2 Å². The highest BCUT2D eigenvalue weighted by molar-refractivity contribution is 6.28. The number of aromatic nitrogens is 2. The first-order valence-corrected chi connectivity index (χ1v) is 6.27. The summed E-state index contributed by atoms with van der Waals surface area (Å²) in [6.07, 6.45) is 1.49. The summed E-state index contributed by atoms with van der Waals surface area (Å²) in [7, 11) is 0. The fourth-order valence-corrected chi connectivity index (χ4v) is 1.87. The highest BCUT2D eigenvalue weighted by Gasteiger charge is 2.16. The Kier molecular flexibility index (Phi) is 4.37. The van der Waals surface area contributed by atoms with Gasteiger partial charge in [-0.2, -0.15) is 5.10 Å². The Balaban J connectivity index is 2.51. The lowest BCUT2D eigenvalue weighted by molar-refractivity contribution is 0.318. The minimum absolute atomic E-state index is 0.0479. The zero-order chi connectivity index (χ0) is 14.5. The second-order valence-corrected chi connectivity index (χ2v) is 4.11. The van der Waals surface area contributed by atoms with Crippen molar-refractivity contribution in [1.82, 2.24) is 9.97 Å². The van der Waals surface area contributed by atoms with E-state index in [1.165, 1.54) is 6.20 Å². The van der Waals surface area contributed by atoms with Gasteiger partial charge in [0.15, 0.2) is 11.5 Å². The Morgan fingerprint density at radius 3 is 2.90 bits per heavy atom. The molecule has 1 aromatic heterocycles. The maximum absolute atomic E-state index is 10.2. The number of nitrogens with zero attached hydrogens (tertiary/aromatic N) is 3. The summed E-state index contributed by atoms with van der Waals surface area (Å²) in [5.74, 6) is 5.72. The fraction of sp³-hybridized carbons (Fsp3) is 0.154. The number of aromatic hydroxyl groups is 1. The molecule has 20 heavy (non-hydrogen) atoms. The molecule has 3 N–H and O–H groups in total. The van der Waals surface area contributed by atoms with E-state index in [9.17, 15) is 5.11 Å². The first-order chi connectivity index (χ1) is 9.67. The number of para-hydroxylation sites is 1. The van der Waals surface area contributed by atoms with Gasteiger partial charge in [-0.25, -0.2) is 9.97 Å². The average Bonchev–Trinajstić information content (AvgIpc) is 2.44. The van der Waals surface area contributed by atoms with Crippen LogP contribution in [-0.2, 0) is 0 Å². The Labute approximate surface area is 120 Å². The van der Waals surface area contributed by atoms with E-state index in [-0.39, 0.29) is 11.0 Å². The molecule has 0 spiro atoms. The van der Waals surface area contributed by atoms with Gasteiger partial charge in [-0.3, -0.25) is 0 Å². The SMILES string of the molecule is CCOc1cccc(C(=NN)c2ccnc(Cl)n2)c1O. The van der Waals surface area contributed by atoms with Crippen molar-refractivity contribution in [3.63, 3.8) is 0 Å². The summed E-state index contributed by atoms with van der Waals surface area (Å²) < 4.78 is 5.33. The largest absolute Gasteiger partial charge is 0.504 e. The van der Waals surface area contributed by atoms with Crippen LogP contribution in [0.4, 0.5) is 0 Å². The van der Waals surface area contributed by atoms with Gasteiger partial charge in [0.1, 0.15) is 5.71 Å². The molecule has 2 aromatic rings. The van der Waals surface area contributed by atoms with Crippen LogP contribution < -0.4 is 10.6 Å². The van der Waals surface area contributed by atoms with E-state index in [2.05, 4.69) is 15.1 Å². The molecule has 0 unspecified atom stereocenters. The van der Waals surface area contributed by atoms with Gasteiger partial charge in [-0.15, -0.1) is 0 Å². The van der Waals surface area contributed by atoms with Crippen LogP contribution in [0.25, 0.3) is 0 Å². The molecule has 1 heterocycles. The fourth-order valence-electron chi connectivity index (χ4n) is 1.73. The lowest BCUT2D eigenvalue weighted by Gasteiger charge is -2.11. The smallest absolute Gasteiger partial charge is 0.222 e. The van der Waals surface area contributed by atoms with E-state index in [1.54, 1.807) is 24.3 Å². The van der Waals surface area contributed by atoms with Crippen LogP contribution in [-0.4, -0.2) is 27.4 Å². The Morgan fingerprint density at radius 2 is 2.25 bits per heavy atom. The molecule has 7 heteroatoms. The molecule has 6 nitrogen and oxygen atoms in total. The molecule has 2 rings (SSSR count). The molecule has 0 aliphatic carbocycles. The van der Waals surface area contributed by atoms with Crippen LogP contribution in [0, 0.1) is 0 Å². The van der Waals surface area contributed by atoms with Crippen molar-refractivity contribution in [3.8, 4) is 11.5 Å². The molecule has 0 bridgehead atoms. The van der Waals surface area contributed by atoms with Gasteiger partial charge < -0.3 is 15.7 Å². The number of hydrazone groups is 1. The first-order valence-electron chi connectivity index (χ1n) is 5.89. The Bertz CT molecular complexity index is 646. The summed E-state index contributed by atoms with van der Waals surface area (Å²) in [4.78, 5) is 7.82. The van der Waals surface area contributed by atoms with Crippen LogP contribution in [0.5, 0.6) is 11.5 Å². The topological polar surface area (TPSA) is 93.6 Å². The number of phenolic OH excluding ortho intramolecular Hbond substituents is 1. The molecule has 0 saturated carbocycles. The third kappa shape index (κ3) is 2.80. The first kappa shape index (κ1) is 14.1. The van der Waals surface area contributed by atoms with E-state index in [1.807, 2.05) is 6.92 Å². The molecule has 0 aliphatic rings. The molecule has 1 aromatic carbocycles. The van der Waals surface area contributed by atoms with Gasteiger partial charge in [0.25, 0.3) is 0 Å². The van der Waals surface area contributed by atoms with Crippen LogP contribution >= 0.6 is 11.6 Å². The third-order valence-corrected chi connectivity index (χ3v) is 2.73. The summed E-state index contributed by atoms with van der Waals surface area (Å²) in [6.45, 7) is 2.26. The molecule has 0 aliphatic heterocycles. The van der Waals surface area contributed by atoms with Crippen molar-refractivity contribution < 1.29 is 9.84 Å². The zero-order valence-corrected chi connectivity index (χ0v) is 11.5. The Morgan fingerprint density at radius 1 is 1.45 bits per heavy atom. The van der Waals surface area contributed by atoms with Gasteiger partial charge in [0, 0.05) is 11.8 Å². The van der Waals surface area contributed by atoms with Gasteiger partial charge in [0.05, 0.1) is 12.3 Å². The minimum Gasteiger partial charge on any atom is -0.504 e. The van der Waals surface area contributed by atoms with Crippen LogP contribution in [0.2, 0.25) is 5.28 Å². The van der Waals surface area contributed by atoms with Crippen molar-refractivity contribution >= 4 is 17.3 Å². The molecule has 104 valence electrons. The monoisotopic (exact) mass is 292 g/mol. The van der Waals surface area contributed by atoms with Crippen LogP contribution in [0.15, 0.2) is 35.6 Å². The number of hydrogen-bond donors (Lipinski definition) is 2. The molecule has 0 fully saturated rings. The molecule has 0 radical (unpaired) electrons. The minimum atomic E-state index is -0.0479. The highest BCUT2D eigenvalue weighted by Crippen LogP contribution is 2.31. The predicted molar refractivity (Wildman–Crippen MR) is 76.1 cm³/mol. The average molecular weight is 293 g/mol. The van der Waals surface area contributed by atoms with Gasteiger partial charge in [-0.05, 0) is 36.7 Å². The molecule has 0 amide bonds. The summed E-state index contributed by atoms with van der Waals surface area (Å²) in [5, 5.41) is 14.0. The number of phenols is 1. The van der Waals surface area contributed by atoms with Crippen molar-refractivity contribution in [2.75, 3.05) is 6.61 Å². The quantitative estimate of drug-likeness (QED) is 0.389. The number of halogens is 1. The van der Waals surface area contributed by atoms with E-state index >= 15 is 0 Å². The number of ether oxygens (including phenoxy) is 1. The Hall–Kier alpha value is -2.34. The lowest BCUT2D eigenvalue weighted by atomic mass is 10.1. The number of hydrogen-bond acceptors (Lipinski definition) is 6. The summed E-state index contributed by atoms with van der Waals surface area (Å²) >= 11 is 5.75. The highest BCUT2D eigenvalue weighted by atomic mass is 35.5. The van der Waals surface area contributed by atoms with E-state index < -0.39 is 0 Å². The molecule has 0 atom stereocenters. The number of nitrogens with two attached hydrogens (primary N) is 1. The van der Waals surface area contributed by atoms with Crippen LogP contribution in [0.3, 0.4) is 0 Å². The second kappa shape index (κ2) is 6.21. The zero-order valence-electron chi connectivity index (χ0n) is 10.7. The molecule has 0 saturated heterocycles. The van der Waals surface area contributed by atoms with Gasteiger partial charge in [0.2, 0.25) is 5.28 Å². The van der Waals surface area contributed by atoms with Crippen molar-refractivity contribution in [2.45, 2.75) is 6.92 Å². The summed E-state index contributed by atoms with van der Waals surface area (Å²) in [5.41, 5.74) is 1.12. The standard InChI is InChI=1S/C13H13ClN4O2/c1-2-20-10-5-3-4-8(12(10)19)11(18-15)9-6-7-16-13(14)17-9/h3-7,19H,2,15H2,1H3. The normalized spacial score (nSPS) is 11.4. The number of rotatable bonds is 4. The van der Waals surface area contributed by atoms with E-state index in [0.29, 0.717) is 29.3 Å². The predicted octanol–water partition coefficient (Wildman–Crippen LogP) is 1.95. The van der Waals surface area contributed by atoms with Crippen molar-refractivity contribution in [3.05, 3.63) is 47.0 Å².